The van der Waals surface area contributed by atoms with Crippen LogP contribution in [-0.4, -0.2) is 27.5 Å². The molecule has 0 saturated carbocycles. The van der Waals surface area contributed by atoms with Crippen molar-refractivity contribution in [3.63, 3.8) is 0 Å². The van der Waals surface area contributed by atoms with E-state index in [1.165, 1.54) is 11.3 Å². The molecule has 3 heterocycles. The number of hydrogen-bond acceptors (Lipinski definition) is 6. The van der Waals surface area contributed by atoms with Crippen LogP contribution < -0.4 is 14.8 Å². The van der Waals surface area contributed by atoms with Gasteiger partial charge in [0, 0.05) is 24.1 Å². The Hall–Kier alpha value is -3.65. The molecule has 5 rings (SSSR count). The number of aromatic nitrogens is 3. The summed E-state index contributed by atoms with van der Waals surface area (Å²) in [7, 11) is 1.81. The number of thiazole rings is 1. The number of hydrogen-bond donors (Lipinski definition) is 1. The van der Waals surface area contributed by atoms with E-state index in [4.69, 9.17) is 14.5 Å². The maximum absolute atomic E-state index is 12.9. The number of aryl methyl sites for hydroxylation is 1. The van der Waals surface area contributed by atoms with Crippen LogP contribution in [0.4, 0.5) is 5.82 Å². The maximum atomic E-state index is 12.9. The second-order valence-electron chi connectivity index (χ2n) is 7.51. The molecular weight excluding hydrogens is 424 g/mol. The molecule has 1 unspecified atom stereocenters. The summed E-state index contributed by atoms with van der Waals surface area (Å²) in [5.41, 5.74) is 3.51. The number of fused-ring (bicyclic) bond motifs is 1. The minimum absolute atomic E-state index is 0.0477. The third-order valence-electron chi connectivity index (χ3n) is 5.45. The monoisotopic (exact) mass is 446 g/mol. The molecule has 0 fully saturated rings. The molecular formula is C24H22N4O3S. The number of nitrogens with one attached hydrogen (secondary N) is 1. The zero-order valence-corrected chi connectivity index (χ0v) is 18.6. The highest BCUT2D eigenvalue weighted by Gasteiger charge is 2.21. The van der Waals surface area contributed by atoms with Crippen LogP contribution in [0.2, 0.25) is 0 Å². The summed E-state index contributed by atoms with van der Waals surface area (Å²) in [5.74, 6) is 1.85. The minimum Gasteiger partial charge on any atom is -0.454 e. The molecule has 32 heavy (non-hydrogen) atoms. The number of amides is 1. The fourth-order valence-electron chi connectivity index (χ4n) is 3.74. The summed E-state index contributed by atoms with van der Waals surface area (Å²) in [5, 5.41) is 10.4. The quantitative estimate of drug-likeness (QED) is 0.447. The molecule has 1 atom stereocenters. The number of carbonyl (C=O) groups excluding carboxylic acids is 1. The predicted octanol–water partition coefficient (Wildman–Crippen LogP) is 5.07. The van der Waals surface area contributed by atoms with Crippen LogP contribution in [-0.2, 0) is 11.8 Å². The van der Waals surface area contributed by atoms with E-state index in [0.29, 0.717) is 17.9 Å². The normalized spacial score (nSPS) is 13.2. The van der Waals surface area contributed by atoms with Crippen molar-refractivity contribution in [1.29, 1.82) is 0 Å². The number of benzene rings is 2. The molecule has 0 aliphatic carbocycles. The zero-order chi connectivity index (χ0) is 22.1. The van der Waals surface area contributed by atoms with Gasteiger partial charge < -0.3 is 14.8 Å². The second kappa shape index (κ2) is 8.47. The van der Waals surface area contributed by atoms with Gasteiger partial charge in [0.1, 0.15) is 16.5 Å². The molecule has 7 nitrogen and oxygen atoms in total. The molecule has 0 bridgehead atoms. The summed E-state index contributed by atoms with van der Waals surface area (Å²) < 4.78 is 12.5. The number of nitrogens with zero attached hydrogens (tertiary/aromatic N) is 3. The first kappa shape index (κ1) is 20.3. The third-order valence-corrected chi connectivity index (χ3v) is 6.31. The lowest BCUT2D eigenvalue weighted by atomic mass is 9.96. The Morgan fingerprint density at radius 3 is 2.75 bits per heavy atom. The summed E-state index contributed by atoms with van der Waals surface area (Å²) in [4.78, 5) is 17.7. The van der Waals surface area contributed by atoms with Crippen molar-refractivity contribution in [2.24, 2.45) is 7.05 Å². The average molecular weight is 447 g/mol. The van der Waals surface area contributed by atoms with Gasteiger partial charge in [-0.3, -0.25) is 9.48 Å². The molecule has 1 N–H and O–H groups in total. The third kappa shape index (κ3) is 3.85. The topological polar surface area (TPSA) is 78.3 Å². The standard InChI is InChI=1S/C24H22N4O3S/c1-3-17(15-7-5-4-6-8-15)23(29)26-22-12-18(27-28(22)2)24-25-19(13-32-24)16-9-10-20-21(11-16)31-14-30-20/h4-13,17H,3,14H2,1-2H3,(H,26,29). The summed E-state index contributed by atoms with van der Waals surface area (Å²) in [6, 6.07) is 17.5. The van der Waals surface area contributed by atoms with Crippen molar-refractivity contribution in [2.45, 2.75) is 19.3 Å². The molecule has 1 aliphatic heterocycles. The molecule has 0 saturated heterocycles. The average Bonchev–Trinajstić information content (AvgIpc) is 3.54. The molecule has 1 amide bonds. The number of rotatable bonds is 6. The SMILES string of the molecule is CCC(C(=O)Nc1cc(-c2nc(-c3ccc4c(c3)OCO4)cs2)nn1C)c1ccccc1. The fraction of sp³-hybridized carbons (Fsp3) is 0.208. The number of carbonyl (C=O) groups is 1. The van der Waals surface area contributed by atoms with Crippen molar-refractivity contribution in [2.75, 3.05) is 12.1 Å². The summed E-state index contributed by atoms with van der Waals surface area (Å²) in [6.45, 7) is 2.26. The van der Waals surface area contributed by atoms with Gasteiger partial charge in [-0.2, -0.15) is 5.10 Å². The molecule has 162 valence electrons. The smallest absolute Gasteiger partial charge is 0.233 e. The molecule has 2 aromatic heterocycles. The van der Waals surface area contributed by atoms with E-state index in [2.05, 4.69) is 10.4 Å². The molecule has 1 aliphatic rings. The second-order valence-corrected chi connectivity index (χ2v) is 8.36. The van der Waals surface area contributed by atoms with Crippen LogP contribution >= 0.6 is 11.3 Å². The molecule has 4 aromatic rings. The summed E-state index contributed by atoms with van der Waals surface area (Å²) in [6.07, 6.45) is 0.714. The largest absolute Gasteiger partial charge is 0.454 e. The van der Waals surface area contributed by atoms with Gasteiger partial charge in [0.15, 0.2) is 11.5 Å². The van der Waals surface area contributed by atoms with Crippen LogP contribution in [0.5, 0.6) is 11.5 Å². The highest BCUT2D eigenvalue weighted by molar-refractivity contribution is 7.13. The Labute approximate surface area is 189 Å². The highest BCUT2D eigenvalue weighted by Crippen LogP contribution is 2.37. The zero-order valence-electron chi connectivity index (χ0n) is 17.7. The summed E-state index contributed by atoms with van der Waals surface area (Å²) >= 11 is 1.51. The van der Waals surface area contributed by atoms with E-state index in [9.17, 15) is 4.79 Å². The van der Waals surface area contributed by atoms with E-state index >= 15 is 0 Å². The van der Waals surface area contributed by atoms with Gasteiger partial charge in [-0.05, 0) is 30.2 Å². The van der Waals surface area contributed by atoms with Crippen molar-refractivity contribution < 1.29 is 14.3 Å². The molecule has 8 heteroatoms. The maximum Gasteiger partial charge on any atom is 0.233 e. The van der Waals surface area contributed by atoms with Crippen LogP contribution in [0, 0.1) is 0 Å². The van der Waals surface area contributed by atoms with Crippen molar-refractivity contribution in [3.8, 4) is 33.5 Å². The van der Waals surface area contributed by atoms with E-state index in [0.717, 1.165) is 33.3 Å². The Kier molecular flexibility index (Phi) is 5.36. The first-order valence-corrected chi connectivity index (χ1v) is 11.3. The van der Waals surface area contributed by atoms with Gasteiger partial charge in [-0.15, -0.1) is 11.3 Å². The van der Waals surface area contributed by atoms with Crippen LogP contribution in [0.3, 0.4) is 0 Å². The molecule has 0 radical (unpaired) electrons. The molecule has 0 spiro atoms. The highest BCUT2D eigenvalue weighted by atomic mass is 32.1. The van der Waals surface area contributed by atoms with Crippen LogP contribution in [0.25, 0.3) is 22.0 Å². The Morgan fingerprint density at radius 1 is 1.12 bits per heavy atom. The van der Waals surface area contributed by atoms with Gasteiger partial charge in [0.2, 0.25) is 12.7 Å². The predicted molar refractivity (Wildman–Crippen MR) is 124 cm³/mol. The van der Waals surface area contributed by atoms with Gasteiger partial charge in [-0.1, -0.05) is 37.3 Å². The first-order chi connectivity index (χ1) is 15.6. The van der Waals surface area contributed by atoms with E-state index in [1.54, 1.807) is 4.68 Å². The minimum atomic E-state index is -0.216. The lowest BCUT2D eigenvalue weighted by Crippen LogP contribution is -2.22. The molecule has 2 aromatic carbocycles. The Balaban J connectivity index is 1.35. The van der Waals surface area contributed by atoms with Crippen molar-refractivity contribution in [1.82, 2.24) is 14.8 Å². The van der Waals surface area contributed by atoms with Crippen LogP contribution in [0.1, 0.15) is 24.8 Å². The lowest BCUT2D eigenvalue weighted by molar-refractivity contribution is -0.117. The number of ether oxygens (including phenoxy) is 2. The van der Waals surface area contributed by atoms with E-state index < -0.39 is 0 Å². The van der Waals surface area contributed by atoms with Crippen molar-refractivity contribution >= 4 is 23.1 Å². The lowest BCUT2D eigenvalue weighted by Gasteiger charge is -2.15. The van der Waals surface area contributed by atoms with Crippen LogP contribution in [0.15, 0.2) is 60.0 Å². The Morgan fingerprint density at radius 2 is 1.94 bits per heavy atom. The van der Waals surface area contributed by atoms with E-state index in [1.807, 2.05) is 73.9 Å². The van der Waals surface area contributed by atoms with Gasteiger partial charge in [0.25, 0.3) is 0 Å². The van der Waals surface area contributed by atoms with E-state index in [-0.39, 0.29) is 18.6 Å². The van der Waals surface area contributed by atoms with Crippen molar-refractivity contribution in [3.05, 3.63) is 65.5 Å². The number of anilines is 1. The van der Waals surface area contributed by atoms with Gasteiger partial charge in [0.05, 0.1) is 11.6 Å². The Bertz CT molecular complexity index is 1270. The fourth-order valence-corrected chi connectivity index (χ4v) is 4.52. The van der Waals surface area contributed by atoms with Gasteiger partial charge >= 0.3 is 0 Å². The first-order valence-electron chi connectivity index (χ1n) is 10.4. The van der Waals surface area contributed by atoms with Gasteiger partial charge in [-0.25, -0.2) is 4.98 Å².